The third-order valence-corrected chi connectivity index (χ3v) is 3.24. The lowest BCUT2D eigenvalue weighted by Crippen LogP contribution is -2.48. The van der Waals surface area contributed by atoms with E-state index in [-0.39, 0.29) is 29.3 Å². The zero-order valence-electron chi connectivity index (χ0n) is 10.2. The van der Waals surface area contributed by atoms with Gasteiger partial charge in [-0.25, -0.2) is 0 Å². The molecule has 1 aliphatic heterocycles. The molecule has 98 valence electrons. The highest BCUT2D eigenvalue weighted by molar-refractivity contribution is 9.10. The van der Waals surface area contributed by atoms with Crippen LogP contribution >= 0.6 is 15.9 Å². The van der Waals surface area contributed by atoms with E-state index in [1.165, 1.54) is 7.11 Å². The van der Waals surface area contributed by atoms with Crippen LogP contribution in [0.25, 0.3) is 0 Å². The van der Waals surface area contributed by atoms with Gasteiger partial charge in [0, 0.05) is 26.2 Å². The molecule has 0 bridgehead atoms. The molecule has 17 heavy (non-hydrogen) atoms. The molecule has 1 aliphatic rings. The zero-order valence-corrected chi connectivity index (χ0v) is 11.8. The number of carbonyl (C=O) groups excluding carboxylic acids is 2. The Labute approximate surface area is 110 Å². The van der Waals surface area contributed by atoms with Gasteiger partial charge in [-0.1, -0.05) is 15.9 Å². The van der Waals surface area contributed by atoms with Gasteiger partial charge in [0.2, 0.25) is 11.8 Å². The van der Waals surface area contributed by atoms with E-state index in [4.69, 9.17) is 4.74 Å². The first-order valence-electron chi connectivity index (χ1n) is 5.75. The topological polar surface area (TPSA) is 58.6 Å². The van der Waals surface area contributed by atoms with Crippen molar-refractivity contribution in [2.45, 2.75) is 30.6 Å². The Balaban J connectivity index is 2.31. The Hall–Kier alpha value is -0.620. The summed E-state index contributed by atoms with van der Waals surface area (Å²) in [6, 6.07) is 0.175. The fourth-order valence-electron chi connectivity index (χ4n) is 1.80. The number of piperidine rings is 1. The number of alkyl halides is 1. The molecule has 0 spiro atoms. The first kappa shape index (κ1) is 14.4. The maximum Gasteiger partial charge on any atom is 0.248 e. The lowest BCUT2D eigenvalue weighted by molar-refractivity contribution is -0.136. The van der Waals surface area contributed by atoms with Crippen LogP contribution in [-0.4, -0.2) is 54.4 Å². The van der Waals surface area contributed by atoms with Crippen LogP contribution in [0.1, 0.15) is 19.8 Å². The number of hydrogen-bond donors (Lipinski definition) is 1. The van der Waals surface area contributed by atoms with Crippen LogP contribution in [0.3, 0.4) is 0 Å². The molecule has 1 rings (SSSR count). The van der Waals surface area contributed by atoms with E-state index in [1.54, 1.807) is 11.8 Å². The molecular weight excluding hydrogens is 288 g/mol. The van der Waals surface area contributed by atoms with Gasteiger partial charge in [0.15, 0.2) is 0 Å². The summed E-state index contributed by atoms with van der Waals surface area (Å²) in [6.07, 6.45) is 1.61. The van der Waals surface area contributed by atoms with Crippen molar-refractivity contribution in [1.29, 1.82) is 0 Å². The van der Waals surface area contributed by atoms with Gasteiger partial charge in [-0.05, 0) is 19.8 Å². The smallest absolute Gasteiger partial charge is 0.248 e. The summed E-state index contributed by atoms with van der Waals surface area (Å²) >= 11 is 3.23. The summed E-state index contributed by atoms with van der Waals surface area (Å²) in [6.45, 7) is 3.30. The van der Waals surface area contributed by atoms with Crippen LogP contribution in [0.15, 0.2) is 0 Å². The van der Waals surface area contributed by atoms with Crippen LogP contribution in [0.4, 0.5) is 0 Å². The van der Waals surface area contributed by atoms with E-state index in [0.717, 1.165) is 12.8 Å². The van der Waals surface area contributed by atoms with Gasteiger partial charge >= 0.3 is 0 Å². The van der Waals surface area contributed by atoms with Crippen molar-refractivity contribution in [2.75, 3.05) is 26.8 Å². The van der Waals surface area contributed by atoms with Gasteiger partial charge in [-0.15, -0.1) is 0 Å². The molecule has 0 aromatic heterocycles. The number of nitrogens with one attached hydrogen (secondary N) is 1. The third-order valence-electron chi connectivity index (χ3n) is 2.82. The fraction of sp³-hybridized carbons (Fsp3) is 0.818. The lowest BCUT2D eigenvalue weighted by atomic mass is 10.0. The number of amides is 2. The second-order valence-corrected chi connectivity index (χ2v) is 5.59. The number of nitrogens with zero attached hydrogens (tertiary/aromatic N) is 1. The first-order valence-corrected chi connectivity index (χ1v) is 6.67. The van der Waals surface area contributed by atoms with Crippen LogP contribution < -0.4 is 5.32 Å². The Kier molecular flexibility index (Phi) is 5.91. The largest absolute Gasteiger partial charge is 0.375 e. The highest BCUT2D eigenvalue weighted by Gasteiger charge is 2.24. The quantitative estimate of drug-likeness (QED) is 0.771. The van der Waals surface area contributed by atoms with Crippen molar-refractivity contribution in [1.82, 2.24) is 10.2 Å². The highest BCUT2D eigenvalue weighted by Crippen LogP contribution is 2.11. The molecule has 0 aliphatic carbocycles. The van der Waals surface area contributed by atoms with Crippen molar-refractivity contribution < 1.29 is 14.3 Å². The number of carbonyl (C=O) groups is 2. The van der Waals surface area contributed by atoms with Gasteiger partial charge in [0.05, 0.1) is 4.83 Å². The summed E-state index contributed by atoms with van der Waals surface area (Å²) in [7, 11) is 1.52. The molecule has 0 radical (unpaired) electrons. The van der Waals surface area contributed by atoms with Crippen molar-refractivity contribution in [2.24, 2.45) is 0 Å². The van der Waals surface area contributed by atoms with Gasteiger partial charge in [0.1, 0.15) is 6.61 Å². The molecule has 1 heterocycles. The fourth-order valence-corrected chi connectivity index (χ4v) is 1.94. The number of hydrogen-bond acceptors (Lipinski definition) is 3. The standard InChI is InChI=1S/C11H19BrN2O3/c1-8(12)11(16)13-9-3-5-14(6-4-9)10(15)7-17-2/h8-9H,3-7H2,1-2H3,(H,13,16). The maximum absolute atomic E-state index is 11.5. The van der Waals surface area contributed by atoms with Gasteiger partial charge in [-0.2, -0.15) is 0 Å². The van der Waals surface area contributed by atoms with E-state index in [0.29, 0.717) is 13.1 Å². The molecule has 1 fully saturated rings. The molecule has 2 amide bonds. The zero-order chi connectivity index (χ0) is 12.8. The summed E-state index contributed by atoms with van der Waals surface area (Å²) in [5.74, 6) is 0.0257. The average Bonchev–Trinajstić information content (AvgIpc) is 2.30. The van der Waals surface area contributed by atoms with Crippen LogP contribution in [0.2, 0.25) is 0 Å². The molecule has 1 saturated heterocycles. The van der Waals surface area contributed by atoms with E-state index in [9.17, 15) is 9.59 Å². The molecule has 1 unspecified atom stereocenters. The van der Waals surface area contributed by atoms with Gasteiger partial charge in [0.25, 0.3) is 0 Å². The molecule has 0 saturated carbocycles. The van der Waals surface area contributed by atoms with E-state index < -0.39 is 0 Å². The van der Waals surface area contributed by atoms with Gasteiger partial charge < -0.3 is 15.0 Å². The number of halogens is 1. The summed E-state index contributed by atoms with van der Waals surface area (Å²) in [5, 5.41) is 2.95. The minimum absolute atomic E-state index is 0.00617. The van der Waals surface area contributed by atoms with Crippen molar-refractivity contribution >= 4 is 27.7 Å². The molecule has 1 N–H and O–H groups in total. The minimum Gasteiger partial charge on any atom is -0.375 e. The van der Waals surface area contributed by atoms with Gasteiger partial charge in [-0.3, -0.25) is 9.59 Å². The van der Waals surface area contributed by atoms with E-state index >= 15 is 0 Å². The monoisotopic (exact) mass is 306 g/mol. The number of rotatable bonds is 4. The molecule has 0 aromatic carbocycles. The second kappa shape index (κ2) is 6.96. The number of ether oxygens (including phenoxy) is 1. The maximum atomic E-state index is 11.5. The van der Waals surface area contributed by atoms with Crippen LogP contribution in [0.5, 0.6) is 0 Å². The summed E-state index contributed by atoms with van der Waals surface area (Å²) < 4.78 is 4.81. The SMILES string of the molecule is COCC(=O)N1CCC(NC(=O)C(C)Br)CC1. The minimum atomic E-state index is -0.171. The van der Waals surface area contributed by atoms with Crippen molar-refractivity contribution in [3.05, 3.63) is 0 Å². The first-order chi connectivity index (χ1) is 8.04. The van der Waals surface area contributed by atoms with Crippen molar-refractivity contribution in [3.8, 4) is 0 Å². The summed E-state index contributed by atoms with van der Waals surface area (Å²) in [5.41, 5.74) is 0. The van der Waals surface area contributed by atoms with E-state index in [2.05, 4.69) is 21.2 Å². The van der Waals surface area contributed by atoms with Crippen LogP contribution in [-0.2, 0) is 14.3 Å². The van der Waals surface area contributed by atoms with E-state index in [1.807, 2.05) is 0 Å². The summed E-state index contributed by atoms with van der Waals surface area (Å²) in [4.78, 5) is 24.6. The Morgan fingerprint density at radius 1 is 1.47 bits per heavy atom. The van der Waals surface area contributed by atoms with Crippen LogP contribution in [0, 0.1) is 0 Å². The Morgan fingerprint density at radius 2 is 2.06 bits per heavy atom. The molecule has 5 nitrogen and oxygen atoms in total. The highest BCUT2D eigenvalue weighted by atomic mass is 79.9. The number of likely N-dealkylation sites (tertiary alicyclic amines) is 1. The third kappa shape index (κ3) is 4.63. The molecule has 0 aromatic rings. The molecular formula is C11H19BrN2O3. The predicted molar refractivity (Wildman–Crippen MR) is 68.0 cm³/mol. The second-order valence-electron chi connectivity index (χ2n) is 4.21. The number of methoxy groups -OCH3 is 1. The Morgan fingerprint density at radius 3 is 2.53 bits per heavy atom. The molecule has 1 atom stereocenters. The lowest BCUT2D eigenvalue weighted by Gasteiger charge is -2.32. The predicted octanol–water partition coefficient (Wildman–Crippen LogP) is 0.523. The Bertz CT molecular complexity index is 276. The van der Waals surface area contributed by atoms with Crippen molar-refractivity contribution in [3.63, 3.8) is 0 Å². The normalized spacial score (nSPS) is 18.9. The average molecular weight is 307 g/mol. The molecule has 6 heteroatoms.